The van der Waals surface area contributed by atoms with Gasteiger partial charge in [-0.25, -0.2) is 0 Å². The Morgan fingerprint density at radius 2 is 2.57 bits per heavy atom. The minimum absolute atomic E-state index is 0.185. The van der Waals surface area contributed by atoms with Crippen molar-refractivity contribution in [3.05, 3.63) is 0 Å². The van der Waals surface area contributed by atoms with Crippen molar-refractivity contribution in [2.24, 2.45) is 4.99 Å². The second kappa shape index (κ2) is 1.26. The fourth-order valence-electron chi connectivity index (χ4n) is 0.324. The standard InChI is InChI=1S/C4H3NO2/c6-2-3-4(7)1-5-3/h1-3H. The van der Waals surface area contributed by atoms with Crippen LogP contribution in [0.25, 0.3) is 0 Å². The molecule has 0 aromatic carbocycles. The topological polar surface area (TPSA) is 46.5 Å². The van der Waals surface area contributed by atoms with Gasteiger partial charge in [-0.3, -0.25) is 9.79 Å². The first-order valence-corrected chi connectivity index (χ1v) is 1.87. The molecule has 0 amide bonds. The summed E-state index contributed by atoms with van der Waals surface area (Å²) in [6.45, 7) is 0. The zero-order valence-corrected chi connectivity index (χ0v) is 3.50. The van der Waals surface area contributed by atoms with E-state index in [1.54, 1.807) is 0 Å². The summed E-state index contributed by atoms with van der Waals surface area (Å²) in [5.41, 5.74) is 0. The van der Waals surface area contributed by atoms with Crippen molar-refractivity contribution in [1.29, 1.82) is 0 Å². The normalized spacial score (nSPS) is 26.9. The van der Waals surface area contributed by atoms with E-state index >= 15 is 0 Å². The van der Waals surface area contributed by atoms with Crippen LogP contribution in [0.3, 0.4) is 0 Å². The maximum absolute atomic E-state index is 10.1. The Hall–Kier alpha value is -0.990. The summed E-state index contributed by atoms with van der Waals surface area (Å²) < 4.78 is 0. The highest BCUT2D eigenvalue weighted by Crippen LogP contribution is 1.95. The summed E-state index contributed by atoms with van der Waals surface area (Å²) in [5.74, 6) is -0.185. The first-order chi connectivity index (χ1) is 3.34. The van der Waals surface area contributed by atoms with E-state index in [-0.39, 0.29) is 5.78 Å². The second-order valence-electron chi connectivity index (χ2n) is 1.26. The van der Waals surface area contributed by atoms with Gasteiger partial charge < -0.3 is 4.79 Å². The van der Waals surface area contributed by atoms with Gasteiger partial charge in [0.05, 0.1) is 6.21 Å². The minimum atomic E-state index is -0.667. The van der Waals surface area contributed by atoms with Crippen molar-refractivity contribution in [2.75, 3.05) is 0 Å². The fourth-order valence-corrected chi connectivity index (χ4v) is 0.324. The van der Waals surface area contributed by atoms with Gasteiger partial charge in [-0.15, -0.1) is 0 Å². The summed E-state index contributed by atoms with van der Waals surface area (Å²) in [5, 5.41) is 0. The number of nitrogens with zero attached hydrogens (tertiary/aromatic N) is 1. The molecule has 0 aliphatic carbocycles. The molecule has 1 rings (SSSR count). The molecule has 1 unspecified atom stereocenters. The molecule has 0 N–H and O–H groups in total. The molecule has 0 radical (unpaired) electrons. The average molecular weight is 97.1 g/mol. The zero-order chi connectivity index (χ0) is 5.28. The van der Waals surface area contributed by atoms with Crippen LogP contribution in [0.15, 0.2) is 4.99 Å². The number of rotatable bonds is 1. The zero-order valence-electron chi connectivity index (χ0n) is 3.50. The number of hydrogen-bond acceptors (Lipinski definition) is 3. The second-order valence-corrected chi connectivity index (χ2v) is 1.26. The maximum atomic E-state index is 10.1. The van der Waals surface area contributed by atoms with Crippen LogP contribution in [0.1, 0.15) is 0 Å². The Kier molecular flexibility index (Phi) is 0.749. The van der Waals surface area contributed by atoms with Crippen LogP contribution in [0.4, 0.5) is 0 Å². The highest BCUT2D eigenvalue weighted by atomic mass is 16.1. The molecule has 1 aliphatic rings. The molecule has 3 heteroatoms. The summed E-state index contributed by atoms with van der Waals surface area (Å²) >= 11 is 0. The Labute approximate surface area is 40.0 Å². The highest BCUT2D eigenvalue weighted by molar-refractivity contribution is 6.39. The minimum Gasteiger partial charge on any atom is -0.300 e. The molecule has 3 nitrogen and oxygen atoms in total. The predicted molar refractivity (Wildman–Crippen MR) is 23.4 cm³/mol. The van der Waals surface area contributed by atoms with Crippen LogP contribution >= 0.6 is 0 Å². The molecule has 1 aliphatic heterocycles. The van der Waals surface area contributed by atoms with E-state index in [1.165, 1.54) is 0 Å². The van der Waals surface area contributed by atoms with Crippen molar-refractivity contribution in [3.63, 3.8) is 0 Å². The van der Waals surface area contributed by atoms with Crippen LogP contribution in [-0.2, 0) is 9.59 Å². The third kappa shape index (κ3) is 0.453. The summed E-state index contributed by atoms with van der Waals surface area (Å²) in [4.78, 5) is 23.2. The van der Waals surface area contributed by atoms with Gasteiger partial charge in [0, 0.05) is 0 Å². The third-order valence-corrected chi connectivity index (χ3v) is 0.783. The van der Waals surface area contributed by atoms with E-state index in [0.29, 0.717) is 6.29 Å². The summed E-state index contributed by atoms with van der Waals surface area (Å²) in [6, 6.07) is -0.667. The number of aldehydes is 1. The van der Waals surface area contributed by atoms with E-state index in [4.69, 9.17) is 0 Å². The van der Waals surface area contributed by atoms with Crippen molar-refractivity contribution in [3.8, 4) is 0 Å². The van der Waals surface area contributed by atoms with Gasteiger partial charge in [0.1, 0.15) is 0 Å². The van der Waals surface area contributed by atoms with Gasteiger partial charge in [0.25, 0.3) is 0 Å². The van der Waals surface area contributed by atoms with Crippen LogP contribution in [0.2, 0.25) is 0 Å². The Morgan fingerprint density at radius 3 is 2.57 bits per heavy atom. The first kappa shape index (κ1) is 4.18. The molecule has 7 heavy (non-hydrogen) atoms. The predicted octanol–water partition coefficient (Wildman–Crippen LogP) is -0.793. The smallest absolute Gasteiger partial charge is 0.205 e. The largest absolute Gasteiger partial charge is 0.300 e. The van der Waals surface area contributed by atoms with Gasteiger partial charge in [0.2, 0.25) is 5.78 Å². The summed E-state index contributed by atoms with van der Waals surface area (Å²) in [7, 11) is 0. The van der Waals surface area contributed by atoms with Gasteiger partial charge in [0.15, 0.2) is 12.3 Å². The molecular weight excluding hydrogens is 94.0 g/mol. The van der Waals surface area contributed by atoms with Crippen molar-refractivity contribution in [1.82, 2.24) is 0 Å². The Bertz CT molecular complexity index is 139. The monoisotopic (exact) mass is 97.0 g/mol. The van der Waals surface area contributed by atoms with Gasteiger partial charge in [-0.05, 0) is 0 Å². The lowest BCUT2D eigenvalue weighted by Gasteiger charge is -2.05. The number of carbonyl (C=O) groups is 2. The van der Waals surface area contributed by atoms with Crippen molar-refractivity contribution >= 4 is 18.3 Å². The number of Topliss-reactive ketones (excluding diaryl/α,β-unsaturated/α-hetero) is 1. The van der Waals surface area contributed by atoms with Gasteiger partial charge in [-0.1, -0.05) is 0 Å². The quantitative estimate of drug-likeness (QED) is 0.318. The fraction of sp³-hybridized carbons (Fsp3) is 0.250. The number of aliphatic imine (C=N–C) groups is 1. The molecule has 36 valence electrons. The van der Waals surface area contributed by atoms with Crippen molar-refractivity contribution < 1.29 is 9.59 Å². The number of ketones is 1. The van der Waals surface area contributed by atoms with Crippen LogP contribution in [0.5, 0.6) is 0 Å². The lowest BCUT2D eigenvalue weighted by atomic mass is 10.2. The maximum Gasteiger partial charge on any atom is 0.205 e. The summed E-state index contributed by atoms with van der Waals surface area (Å²) in [6.07, 6.45) is 1.68. The lowest BCUT2D eigenvalue weighted by Crippen LogP contribution is -2.30. The average Bonchev–Trinajstić information content (AvgIpc) is 1.65. The molecule has 0 spiro atoms. The highest BCUT2D eigenvalue weighted by Gasteiger charge is 2.20. The van der Waals surface area contributed by atoms with E-state index in [9.17, 15) is 9.59 Å². The van der Waals surface area contributed by atoms with E-state index in [1.807, 2.05) is 0 Å². The molecule has 0 bridgehead atoms. The number of carbonyl (C=O) groups excluding carboxylic acids is 2. The molecule has 0 aromatic heterocycles. The first-order valence-electron chi connectivity index (χ1n) is 1.87. The molecular formula is C4H3NO2. The SMILES string of the molecule is O=CC1N=CC1=O. The Morgan fingerprint density at radius 1 is 1.86 bits per heavy atom. The van der Waals surface area contributed by atoms with E-state index in [0.717, 1.165) is 6.21 Å². The van der Waals surface area contributed by atoms with Crippen LogP contribution in [0, 0.1) is 0 Å². The molecule has 0 saturated heterocycles. The van der Waals surface area contributed by atoms with Gasteiger partial charge in [-0.2, -0.15) is 0 Å². The van der Waals surface area contributed by atoms with E-state index in [2.05, 4.69) is 4.99 Å². The Balaban J connectivity index is 2.65. The van der Waals surface area contributed by atoms with E-state index < -0.39 is 6.04 Å². The lowest BCUT2D eigenvalue weighted by molar-refractivity contribution is -0.120. The molecule has 0 fully saturated rings. The molecule has 1 heterocycles. The third-order valence-electron chi connectivity index (χ3n) is 0.783. The van der Waals surface area contributed by atoms with Gasteiger partial charge >= 0.3 is 0 Å². The molecule has 0 aromatic rings. The van der Waals surface area contributed by atoms with Crippen LogP contribution < -0.4 is 0 Å². The molecule has 0 saturated carbocycles. The molecule has 1 atom stereocenters. The van der Waals surface area contributed by atoms with Crippen molar-refractivity contribution in [2.45, 2.75) is 6.04 Å². The number of hydrogen-bond donors (Lipinski definition) is 0. The van der Waals surface area contributed by atoms with Crippen LogP contribution in [-0.4, -0.2) is 24.3 Å².